The summed E-state index contributed by atoms with van der Waals surface area (Å²) in [5.74, 6) is -14.7. The predicted octanol–water partition coefficient (Wildman–Crippen LogP) is -2.36. The van der Waals surface area contributed by atoms with Gasteiger partial charge in [-0.3, -0.25) is 72.1 Å². The van der Waals surface area contributed by atoms with Crippen LogP contribution in [0.25, 0.3) is 10.9 Å². The van der Waals surface area contributed by atoms with Gasteiger partial charge in [-0.25, -0.2) is 9.78 Å². The van der Waals surface area contributed by atoms with Crippen LogP contribution in [0.5, 0.6) is 0 Å². The van der Waals surface area contributed by atoms with Gasteiger partial charge in [0.25, 0.3) is 0 Å². The molecule has 0 radical (unpaired) electrons. The van der Waals surface area contributed by atoms with Crippen molar-refractivity contribution in [3.63, 3.8) is 0 Å². The molecule has 0 unspecified atom stereocenters. The van der Waals surface area contributed by atoms with Crippen molar-refractivity contribution in [3.8, 4) is 0 Å². The number of aliphatic carboxylic acids is 2. The fourth-order valence-electron chi connectivity index (χ4n) is 13.4. The van der Waals surface area contributed by atoms with E-state index < -0.39 is 211 Å². The van der Waals surface area contributed by atoms with Crippen LogP contribution < -0.4 is 92.5 Å². The summed E-state index contributed by atoms with van der Waals surface area (Å²) in [5, 5.41) is 62.6. The lowest BCUT2D eigenvalue weighted by atomic mass is 9.97. The summed E-state index contributed by atoms with van der Waals surface area (Å²) >= 11 is 7.17. The summed E-state index contributed by atoms with van der Waals surface area (Å²) in [5.41, 5.74) is 30.7. The Morgan fingerprint density at radius 2 is 1.03 bits per heavy atom. The number of aliphatic imine (C=N–C) groups is 1. The second-order valence-corrected chi connectivity index (χ2v) is 33.6. The number of para-hydroxylation sites is 1. The van der Waals surface area contributed by atoms with E-state index in [9.17, 15) is 72.9 Å². The molecule has 13 amide bonds. The Labute approximate surface area is 725 Å². The topological polar surface area (TPSA) is 651 Å². The summed E-state index contributed by atoms with van der Waals surface area (Å²) in [6.07, 6.45) is 6.68. The van der Waals surface area contributed by atoms with Gasteiger partial charge in [-0.05, 0) is 163 Å². The quantitative estimate of drug-likeness (QED) is 0.0122. The molecule has 122 heavy (non-hydrogen) atoms. The molecule has 3 heterocycles. The van der Waals surface area contributed by atoms with E-state index in [2.05, 4.69) is 96.4 Å². The summed E-state index contributed by atoms with van der Waals surface area (Å²) in [6.45, 7) is 12.0. The number of amides is 13. The number of hydrogen-bond donors (Lipinski definition) is 23. The maximum atomic E-state index is 15.2. The monoisotopic (exact) mass is 1770 g/mol. The van der Waals surface area contributed by atoms with Crippen LogP contribution in [0.15, 0.2) is 48.0 Å². The van der Waals surface area contributed by atoms with Gasteiger partial charge in [-0.15, -0.1) is 0 Å². The highest BCUT2D eigenvalue weighted by Crippen LogP contribution is 2.24. The number of H-pyrrole nitrogens is 2. The van der Waals surface area contributed by atoms with Crippen LogP contribution in [0.3, 0.4) is 0 Å². The minimum Gasteiger partial charge on any atom is -0.481 e. The fourth-order valence-corrected chi connectivity index (χ4v) is 14.6. The number of aliphatic hydroxyl groups is 1. The zero-order valence-electron chi connectivity index (χ0n) is 71.1. The number of likely N-dealkylation sites (tertiary alicyclic amines) is 1. The number of hydrogen-bond acceptors (Lipinski definition) is 24. The van der Waals surface area contributed by atoms with Crippen molar-refractivity contribution in [2.24, 2.45) is 51.4 Å². The first kappa shape index (κ1) is 105. The maximum Gasteiger partial charge on any atom is 0.326 e. The van der Waals surface area contributed by atoms with Gasteiger partial charge in [0.2, 0.25) is 76.8 Å². The van der Waals surface area contributed by atoms with Gasteiger partial charge in [0.15, 0.2) is 5.96 Å². The number of fused-ring (bicyclic) bond motifs is 1. The van der Waals surface area contributed by atoms with E-state index in [-0.39, 0.29) is 121 Å². The summed E-state index contributed by atoms with van der Waals surface area (Å²) in [6, 6.07) is -12.6. The smallest absolute Gasteiger partial charge is 0.326 e. The number of rotatable bonds is 58. The van der Waals surface area contributed by atoms with E-state index in [4.69, 9.17) is 28.7 Å². The number of carboxylic acids is 2. The van der Waals surface area contributed by atoms with Gasteiger partial charge in [0, 0.05) is 67.1 Å². The van der Waals surface area contributed by atoms with Gasteiger partial charge in [-0.2, -0.15) is 36.2 Å². The summed E-state index contributed by atoms with van der Waals surface area (Å²) in [7, 11) is 0. The van der Waals surface area contributed by atoms with Crippen molar-refractivity contribution >= 4 is 142 Å². The fraction of sp³-hybridized carbons (Fsp3) is 0.658. The second-order valence-electron chi connectivity index (χ2n) is 31.3. The van der Waals surface area contributed by atoms with Crippen molar-refractivity contribution in [2.45, 2.75) is 255 Å². The molecule has 3 aromatic rings. The number of imidazole rings is 1. The molecule has 27 N–H and O–H groups in total. The standard InChI is InChI=1S/C79H130N22O18S3/c1-10-44(6)64(100-75(115)63(82)45(7)102)76(116)98-59(37-47-39-85-41-88-47)72(112)99-60(40-120)73(113)89-50(20-13-15-28-80)65(105)96-58(36-46-38-87-49-19-12-11-18-48(46)49)71(111)91-52(25-30-86-79(83)84)67(107)90-51(23-24-62(103)104)66(106)93-54(21-14-16-29-81)77(117)101-31-17-22-61(101)74(114)97-57(35-43(4)5)69(109)92-53(26-32-121-8)68(108)95-56(34-42(2)3)70(110)94-55(78(118)119)27-33-122-9/h11-12,18-19,38-39,41-45,50-61,63-64,87,102,120H,10,13-17,20-37,40,80-82H2,1-9H3,(H,85,88)(H,89,113)(H,90,107)(H,91,111)(H,92,109)(H,93,106)(H,94,110)(H,95,108)(H,96,105)(H,97,114)(H,98,116)(H,99,112)(H,100,115)(H,103,104)(H,118,119)(H4,83,84,86)/t44-,45+,50-,51-,52-,53-,54-,55-,56-,57-,58-,59-,60-,61-,63-,64-/m0/s1. The molecule has 43 heteroatoms. The third kappa shape index (κ3) is 35.6. The van der Waals surface area contributed by atoms with Crippen LogP contribution >= 0.6 is 36.2 Å². The van der Waals surface area contributed by atoms with Crippen molar-refractivity contribution in [2.75, 3.05) is 55.9 Å². The number of unbranched alkanes of at least 4 members (excludes halogenated alkanes) is 2. The van der Waals surface area contributed by atoms with E-state index >= 15 is 14.4 Å². The first-order chi connectivity index (χ1) is 57.9. The lowest BCUT2D eigenvalue weighted by Gasteiger charge is -2.31. The SMILES string of the molecule is CC[C@H](C)[C@H](NC(=O)[C@@H](N)[C@@H](C)O)C(=O)N[C@@H](Cc1cnc[nH]1)C(=O)N[C@@H](CS)C(=O)N[C@@H](CCCCN)C(=O)N[C@@H](Cc1c[nH]c2ccccc12)C(=O)N[C@@H](CCN=C(N)N)C(=O)N[C@@H](CCC(=O)O)C(=O)N[C@@H](CCCCN)C(=O)N1CCC[C@H]1C(=O)N[C@@H](CC(C)C)C(=O)N[C@@H](CCSC)C(=O)N[C@@H](CC(C)C)C(=O)N[C@@H](CCSC)C(=O)O. The molecule has 16 atom stereocenters. The number of nitrogens with zero attached hydrogens (tertiary/aromatic N) is 3. The Morgan fingerprint density at radius 3 is 1.55 bits per heavy atom. The highest BCUT2D eigenvalue weighted by atomic mass is 32.2. The molecule has 1 aliphatic rings. The second kappa shape index (κ2) is 54.6. The highest BCUT2D eigenvalue weighted by molar-refractivity contribution is 7.98. The third-order valence-electron chi connectivity index (χ3n) is 20.5. The molecule has 1 aromatic carbocycles. The van der Waals surface area contributed by atoms with Gasteiger partial charge < -0.3 is 123 Å². The average Bonchev–Trinajstić information content (AvgIpc) is 1.64. The Hall–Kier alpha value is -9.82. The molecule has 682 valence electrons. The molecular formula is C79H130N22O18S3. The molecular weight excluding hydrogens is 1640 g/mol. The van der Waals surface area contributed by atoms with Crippen molar-refractivity contribution in [3.05, 3.63) is 54.2 Å². The Balaban J connectivity index is 1.67. The maximum absolute atomic E-state index is 15.2. The van der Waals surface area contributed by atoms with Crippen LogP contribution in [0.1, 0.15) is 162 Å². The Morgan fingerprint density at radius 1 is 0.566 bits per heavy atom. The lowest BCUT2D eigenvalue weighted by Crippen LogP contribution is -2.61. The molecule has 40 nitrogen and oxygen atoms in total. The van der Waals surface area contributed by atoms with E-state index in [1.54, 1.807) is 70.7 Å². The molecule has 0 aliphatic carbocycles. The molecule has 1 saturated heterocycles. The number of carbonyl (C=O) groups is 15. The number of aromatic nitrogens is 3. The van der Waals surface area contributed by atoms with E-state index in [1.165, 1.54) is 47.9 Å². The Kier molecular flexibility index (Phi) is 46.8. The van der Waals surface area contributed by atoms with Gasteiger partial charge in [0.05, 0.1) is 12.4 Å². The molecule has 1 fully saturated rings. The number of carbonyl (C=O) groups excluding carboxylic acids is 13. The van der Waals surface area contributed by atoms with Gasteiger partial charge in [0.1, 0.15) is 84.6 Å². The number of thiol groups is 1. The first-order valence-corrected chi connectivity index (χ1v) is 44.7. The van der Waals surface area contributed by atoms with Crippen LogP contribution in [-0.4, -0.2) is 277 Å². The van der Waals surface area contributed by atoms with E-state index in [0.29, 0.717) is 52.9 Å². The van der Waals surface area contributed by atoms with Crippen LogP contribution in [0, 0.1) is 17.8 Å². The average molecular weight is 1770 g/mol. The number of carboxylic acid groups (broad SMARTS) is 2. The summed E-state index contributed by atoms with van der Waals surface area (Å²) in [4.78, 5) is 228. The number of nitrogens with two attached hydrogens (primary N) is 5. The van der Waals surface area contributed by atoms with Crippen LogP contribution in [0.2, 0.25) is 0 Å². The molecule has 4 rings (SSSR count). The number of aliphatic hydroxyl groups excluding tert-OH is 1. The van der Waals surface area contributed by atoms with Crippen molar-refractivity contribution in [1.29, 1.82) is 0 Å². The normalized spacial score (nSPS) is 16.3. The number of benzene rings is 1. The summed E-state index contributed by atoms with van der Waals surface area (Å²) < 4.78 is 0. The zero-order valence-corrected chi connectivity index (χ0v) is 73.6. The van der Waals surface area contributed by atoms with E-state index in [0.717, 1.165) is 0 Å². The highest BCUT2D eigenvalue weighted by Gasteiger charge is 2.42. The number of nitrogens with one attached hydrogen (secondary N) is 14. The number of guanidine groups is 1. The first-order valence-electron chi connectivity index (χ1n) is 41.3. The van der Waals surface area contributed by atoms with Crippen LogP contribution in [-0.2, 0) is 84.8 Å². The molecule has 1 aliphatic heterocycles. The number of aromatic amines is 2. The largest absolute Gasteiger partial charge is 0.481 e. The zero-order chi connectivity index (χ0) is 90.9. The Bertz CT molecular complexity index is 3950. The van der Waals surface area contributed by atoms with E-state index in [1.807, 2.05) is 13.8 Å². The van der Waals surface area contributed by atoms with Gasteiger partial charge >= 0.3 is 11.9 Å². The third-order valence-corrected chi connectivity index (χ3v) is 22.2. The predicted molar refractivity (Wildman–Crippen MR) is 466 cm³/mol. The van der Waals surface area contributed by atoms with Crippen molar-refractivity contribution < 1.29 is 87.2 Å². The molecule has 0 saturated carbocycles. The van der Waals surface area contributed by atoms with Crippen molar-refractivity contribution in [1.82, 2.24) is 83.7 Å². The molecule has 0 spiro atoms. The van der Waals surface area contributed by atoms with Crippen LogP contribution in [0.4, 0.5) is 0 Å². The molecule has 0 bridgehead atoms. The number of thioether (sulfide) groups is 2. The lowest BCUT2D eigenvalue weighted by molar-refractivity contribution is -0.143. The van der Waals surface area contributed by atoms with Gasteiger partial charge in [-0.1, -0.05) is 66.2 Å². The molecule has 2 aromatic heterocycles. The minimum absolute atomic E-state index is 0.000291. The minimum atomic E-state index is -1.76.